The Bertz CT molecular complexity index is 83.1. The summed E-state index contributed by atoms with van der Waals surface area (Å²) in [6.45, 7) is 7.09. The van der Waals surface area contributed by atoms with Crippen LogP contribution in [0, 0.1) is 0 Å². The maximum atomic E-state index is 5.03. The first-order valence-electron chi connectivity index (χ1n) is 3.10. The molecule has 1 fully saturated rings. The molecule has 3 heteroatoms. The highest BCUT2D eigenvalue weighted by molar-refractivity contribution is 5.85. The zero-order chi connectivity index (χ0) is 6.04. The SMILES string of the molecule is CCNC1(C)COC1.Cl. The first kappa shape index (κ1) is 9.21. The van der Waals surface area contributed by atoms with E-state index in [1.54, 1.807) is 0 Å². The number of halogens is 1. The molecule has 1 N–H and O–H groups in total. The minimum absolute atomic E-state index is 0. The minimum Gasteiger partial charge on any atom is -0.377 e. The van der Waals surface area contributed by atoms with Crippen LogP contribution in [0.5, 0.6) is 0 Å². The Morgan fingerprint density at radius 2 is 2.11 bits per heavy atom. The van der Waals surface area contributed by atoms with E-state index in [0.717, 1.165) is 19.8 Å². The summed E-state index contributed by atoms with van der Waals surface area (Å²) < 4.78 is 5.03. The van der Waals surface area contributed by atoms with Crippen molar-refractivity contribution < 1.29 is 4.74 Å². The number of likely N-dealkylation sites (N-methyl/N-ethyl adjacent to an activating group) is 1. The van der Waals surface area contributed by atoms with Crippen LogP contribution in [0.4, 0.5) is 0 Å². The third-order valence-electron chi connectivity index (χ3n) is 1.44. The van der Waals surface area contributed by atoms with Gasteiger partial charge in [0, 0.05) is 0 Å². The van der Waals surface area contributed by atoms with E-state index >= 15 is 0 Å². The molecule has 2 nitrogen and oxygen atoms in total. The van der Waals surface area contributed by atoms with Crippen LogP contribution in [0.3, 0.4) is 0 Å². The minimum atomic E-state index is 0. The third kappa shape index (κ3) is 2.12. The van der Waals surface area contributed by atoms with Gasteiger partial charge in [0.05, 0.1) is 18.8 Å². The zero-order valence-electron chi connectivity index (χ0n) is 5.94. The van der Waals surface area contributed by atoms with Gasteiger partial charge < -0.3 is 10.1 Å². The molecule has 0 atom stereocenters. The molecular weight excluding hydrogens is 138 g/mol. The molecule has 0 amide bonds. The number of hydrogen-bond donors (Lipinski definition) is 1. The Morgan fingerprint density at radius 1 is 1.56 bits per heavy atom. The van der Waals surface area contributed by atoms with Gasteiger partial charge in [-0.2, -0.15) is 0 Å². The average Bonchev–Trinajstić information content (AvgIpc) is 1.64. The first-order valence-corrected chi connectivity index (χ1v) is 3.10. The Hall–Kier alpha value is 0.210. The predicted molar refractivity (Wildman–Crippen MR) is 40.1 cm³/mol. The van der Waals surface area contributed by atoms with Crippen LogP contribution in [0.1, 0.15) is 13.8 Å². The summed E-state index contributed by atoms with van der Waals surface area (Å²) in [5, 5.41) is 3.33. The van der Waals surface area contributed by atoms with Gasteiger partial charge in [-0.15, -0.1) is 12.4 Å². The molecule has 1 rings (SSSR count). The Balaban J connectivity index is 0.000000640. The molecule has 0 aromatic carbocycles. The third-order valence-corrected chi connectivity index (χ3v) is 1.44. The fourth-order valence-electron chi connectivity index (χ4n) is 0.937. The van der Waals surface area contributed by atoms with Gasteiger partial charge in [-0.25, -0.2) is 0 Å². The summed E-state index contributed by atoms with van der Waals surface area (Å²) in [5.41, 5.74) is 0.300. The van der Waals surface area contributed by atoms with E-state index in [-0.39, 0.29) is 12.4 Å². The average molecular weight is 152 g/mol. The van der Waals surface area contributed by atoms with Crippen LogP contribution >= 0.6 is 12.4 Å². The van der Waals surface area contributed by atoms with Crippen molar-refractivity contribution in [1.29, 1.82) is 0 Å². The number of hydrogen-bond acceptors (Lipinski definition) is 2. The summed E-state index contributed by atoms with van der Waals surface area (Å²) in [6.07, 6.45) is 0. The van der Waals surface area contributed by atoms with E-state index in [0.29, 0.717) is 5.54 Å². The number of rotatable bonds is 2. The highest BCUT2D eigenvalue weighted by Crippen LogP contribution is 2.14. The summed E-state index contributed by atoms with van der Waals surface area (Å²) in [6, 6.07) is 0. The van der Waals surface area contributed by atoms with Gasteiger partial charge in [0.1, 0.15) is 0 Å². The molecule has 56 valence electrons. The quantitative estimate of drug-likeness (QED) is 0.631. The van der Waals surface area contributed by atoms with Crippen molar-refractivity contribution in [2.75, 3.05) is 19.8 Å². The van der Waals surface area contributed by atoms with E-state index in [1.165, 1.54) is 0 Å². The molecule has 0 bridgehead atoms. The van der Waals surface area contributed by atoms with Crippen molar-refractivity contribution in [3.8, 4) is 0 Å². The van der Waals surface area contributed by atoms with Crippen LogP contribution in [0.15, 0.2) is 0 Å². The lowest BCUT2D eigenvalue weighted by Crippen LogP contribution is -2.57. The van der Waals surface area contributed by atoms with Crippen LogP contribution in [-0.2, 0) is 4.74 Å². The van der Waals surface area contributed by atoms with Crippen molar-refractivity contribution >= 4 is 12.4 Å². The summed E-state index contributed by atoms with van der Waals surface area (Å²) in [7, 11) is 0. The number of ether oxygens (including phenoxy) is 1. The molecule has 0 radical (unpaired) electrons. The molecule has 0 aromatic rings. The second kappa shape index (κ2) is 3.40. The Morgan fingerprint density at radius 3 is 2.22 bits per heavy atom. The van der Waals surface area contributed by atoms with E-state index in [4.69, 9.17) is 4.74 Å². The Kier molecular flexibility index (Phi) is 3.48. The molecule has 1 heterocycles. The van der Waals surface area contributed by atoms with Crippen molar-refractivity contribution in [3.05, 3.63) is 0 Å². The van der Waals surface area contributed by atoms with Gasteiger partial charge in [-0.1, -0.05) is 6.92 Å². The van der Waals surface area contributed by atoms with Gasteiger partial charge in [0.15, 0.2) is 0 Å². The fraction of sp³-hybridized carbons (Fsp3) is 1.00. The lowest BCUT2D eigenvalue weighted by Gasteiger charge is -2.38. The normalized spacial score (nSPS) is 22.0. The second-order valence-electron chi connectivity index (χ2n) is 2.58. The van der Waals surface area contributed by atoms with Crippen LogP contribution in [-0.4, -0.2) is 25.3 Å². The van der Waals surface area contributed by atoms with Crippen molar-refractivity contribution in [2.24, 2.45) is 0 Å². The standard InChI is InChI=1S/C6H13NO.ClH/c1-3-7-6(2)4-8-5-6;/h7H,3-5H2,1-2H3;1H. The van der Waals surface area contributed by atoms with Crippen LogP contribution in [0.2, 0.25) is 0 Å². The molecule has 0 saturated carbocycles. The zero-order valence-corrected chi connectivity index (χ0v) is 6.75. The van der Waals surface area contributed by atoms with E-state index in [1.807, 2.05) is 0 Å². The molecule has 0 aromatic heterocycles. The van der Waals surface area contributed by atoms with Gasteiger partial charge in [-0.3, -0.25) is 0 Å². The van der Waals surface area contributed by atoms with E-state index in [9.17, 15) is 0 Å². The van der Waals surface area contributed by atoms with E-state index < -0.39 is 0 Å². The van der Waals surface area contributed by atoms with Gasteiger partial charge >= 0.3 is 0 Å². The summed E-state index contributed by atoms with van der Waals surface area (Å²) in [4.78, 5) is 0. The Labute approximate surface area is 62.4 Å². The maximum absolute atomic E-state index is 5.03. The lowest BCUT2D eigenvalue weighted by molar-refractivity contribution is -0.0631. The molecule has 9 heavy (non-hydrogen) atoms. The van der Waals surface area contributed by atoms with Crippen molar-refractivity contribution in [1.82, 2.24) is 5.32 Å². The highest BCUT2D eigenvalue weighted by Gasteiger charge is 2.31. The predicted octanol–water partition coefficient (Wildman–Crippen LogP) is 0.807. The van der Waals surface area contributed by atoms with Gasteiger partial charge in [0.2, 0.25) is 0 Å². The first-order chi connectivity index (χ1) is 3.77. The van der Waals surface area contributed by atoms with E-state index in [2.05, 4.69) is 19.2 Å². The molecule has 0 spiro atoms. The monoisotopic (exact) mass is 151 g/mol. The number of nitrogens with one attached hydrogen (secondary N) is 1. The highest BCUT2D eigenvalue weighted by atomic mass is 35.5. The fourth-order valence-corrected chi connectivity index (χ4v) is 0.937. The summed E-state index contributed by atoms with van der Waals surface area (Å²) >= 11 is 0. The van der Waals surface area contributed by atoms with Crippen molar-refractivity contribution in [3.63, 3.8) is 0 Å². The molecular formula is C6H14ClNO. The molecule has 1 aliphatic rings. The van der Waals surface area contributed by atoms with Crippen LogP contribution in [0.25, 0.3) is 0 Å². The van der Waals surface area contributed by atoms with Crippen molar-refractivity contribution in [2.45, 2.75) is 19.4 Å². The smallest absolute Gasteiger partial charge is 0.0669 e. The summed E-state index contributed by atoms with van der Waals surface area (Å²) in [5.74, 6) is 0. The molecule has 0 unspecified atom stereocenters. The van der Waals surface area contributed by atoms with Gasteiger partial charge in [-0.05, 0) is 13.5 Å². The van der Waals surface area contributed by atoms with Crippen LogP contribution < -0.4 is 5.32 Å². The molecule has 1 aliphatic heterocycles. The topological polar surface area (TPSA) is 21.3 Å². The maximum Gasteiger partial charge on any atom is 0.0669 e. The molecule has 1 saturated heterocycles. The lowest BCUT2D eigenvalue weighted by atomic mass is 10.0. The van der Waals surface area contributed by atoms with Gasteiger partial charge in [0.25, 0.3) is 0 Å². The molecule has 0 aliphatic carbocycles. The largest absolute Gasteiger partial charge is 0.377 e. The second-order valence-corrected chi connectivity index (χ2v) is 2.58.